The summed E-state index contributed by atoms with van der Waals surface area (Å²) in [6.45, 7) is 2.63. The lowest BCUT2D eigenvalue weighted by atomic mass is 10.0. The van der Waals surface area contributed by atoms with Gasteiger partial charge in [0.1, 0.15) is 9.84 Å². The van der Waals surface area contributed by atoms with Crippen molar-refractivity contribution in [3.8, 4) is 0 Å². The van der Waals surface area contributed by atoms with Gasteiger partial charge in [0.2, 0.25) is 0 Å². The number of piperidine rings is 1. The molecule has 0 aromatic heterocycles. The van der Waals surface area contributed by atoms with Gasteiger partial charge in [-0.15, -0.1) is 11.6 Å². The topological polar surface area (TPSA) is 37.4 Å². The monoisotopic (exact) mass is 239 g/mol. The van der Waals surface area contributed by atoms with Gasteiger partial charge in [0.25, 0.3) is 0 Å². The van der Waals surface area contributed by atoms with Gasteiger partial charge < -0.3 is 4.90 Å². The molecule has 0 spiro atoms. The lowest BCUT2D eigenvalue weighted by Gasteiger charge is -2.31. The number of nitrogens with zero attached hydrogens (tertiary/aromatic N) is 1. The Labute approximate surface area is 91.3 Å². The molecule has 0 N–H and O–H groups in total. The van der Waals surface area contributed by atoms with Crippen LogP contribution >= 0.6 is 11.6 Å². The Hall–Kier alpha value is 0.200. The lowest BCUT2D eigenvalue weighted by molar-refractivity contribution is 0.195. The second-order valence-electron chi connectivity index (χ2n) is 4.09. The smallest absolute Gasteiger partial charge is 0.148 e. The summed E-state index contributed by atoms with van der Waals surface area (Å²) < 4.78 is 21.9. The number of sulfone groups is 1. The van der Waals surface area contributed by atoms with Gasteiger partial charge in [-0.2, -0.15) is 0 Å². The molecule has 0 saturated carbocycles. The number of rotatable bonds is 4. The number of likely N-dealkylation sites (tertiary alicyclic amines) is 1. The minimum Gasteiger partial charge on any atom is -0.302 e. The molecule has 84 valence electrons. The third kappa shape index (κ3) is 4.62. The van der Waals surface area contributed by atoms with E-state index in [2.05, 4.69) is 4.90 Å². The first kappa shape index (κ1) is 12.3. The molecule has 1 heterocycles. The molecule has 1 aliphatic heterocycles. The number of halogens is 1. The maximum Gasteiger partial charge on any atom is 0.148 e. The Morgan fingerprint density at radius 1 is 1.50 bits per heavy atom. The SMILES string of the molecule is CS(=O)(=O)CCN1CCCC(CCl)C1. The van der Waals surface area contributed by atoms with Crippen LogP contribution in [-0.2, 0) is 9.84 Å². The molecule has 0 amide bonds. The normalized spacial score (nSPS) is 25.1. The number of alkyl halides is 1. The van der Waals surface area contributed by atoms with Crippen LogP contribution in [0.5, 0.6) is 0 Å². The highest BCUT2D eigenvalue weighted by Crippen LogP contribution is 2.17. The molecule has 1 rings (SSSR count). The maximum absolute atomic E-state index is 11.0. The first-order valence-electron chi connectivity index (χ1n) is 4.97. The highest BCUT2D eigenvalue weighted by molar-refractivity contribution is 7.90. The Morgan fingerprint density at radius 3 is 2.79 bits per heavy atom. The molecule has 1 unspecified atom stereocenters. The molecule has 0 radical (unpaired) electrons. The van der Waals surface area contributed by atoms with E-state index in [4.69, 9.17) is 11.6 Å². The zero-order chi connectivity index (χ0) is 10.6. The van der Waals surface area contributed by atoms with E-state index >= 15 is 0 Å². The summed E-state index contributed by atoms with van der Waals surface area (Å²) in [7, 11) is -2.82. The summed E-state index contributed by atoms with van der Waals surface area (Å²) in [5.41, 5.74) is 0. The van der Waals surface area contributed by atoms with Crippen LogP contribution in [0, 0.1) is 5.92 Å². The quantitative estimate of drug-likeness (QED) is 0.687. The Kier molecular flexibility index (Phi) is 4.67. The van der Waals surface area contributed by atoms with Gasteiger partial charge in [-0.25, -0.2) is 8.42 Å². The van der Waals surface area contributed by atoms with Crippen LogP contribution in [0.3, 0.4) is 0 Å². The first-order valence-corrected chi connectivity index (χ1v) is 7.57. The maximum atomic E-state index is 11.0. The molecule has 0 aromatic rings. The van der Waals surface area contributed by atoms with Gasteiger partial charge in [-0.1, -0.05) is 0 Å². The molecular formula is C9H18ClNO2S. The zero-order valence-electron chi connectivity index (χ0n) is 8.58. The van der Waals surface area contributed by atoms with E-state index < -0.39 is 9.84 Å². The summed E-state index contributed by atoms with van der Waals surface area (Å²) in [5, 5.41) is 0. The number of hydrogen-bond donors (Lipinski definition) is 0. The fourth-order valence-corrected chi connectivity index (χ4v) is 2.62. The van der Waals surface area contributed by atoms with Crippen LogP contribution in [-0.4, -0.2) is 50.8 Å². The van der Waals surface area contributed by atoms with Gasteiger partial charge in [0, 0.05) is 25.2 Å². The van der Waals surface area contributed by atoms with Crippen molar-refractivity contribution in [1.29, 1.82) is 0 Å². The van der Waals surface area contributed by atoms with Crippen molar-refractivity contribution in [2.75, 3.05) is 37.5 Å². The van der Waals surface area contributed by atoms with E-state index in [0.29, 0.717) is 18.3 Å². The molecule has 14 heavy (non-hydrogen) atoms. The molecule has 0 aromatic carbocycles. The highest BCUT2D eigenvalue weighted by atomic mass is 35.5. The highest BCUT2D eigenvalue weighted by Gasteiger charge is 2.19. The average molecular weight is 240 g/mol. The molecule has 1 saturated heterocycles. The van der Waals surface area contributed by atoms with Gasteiger partial charge in [0.05, 0.1) is 5.75 Å². The third-order valence-corrected chi connectivity index (χ3v) is 3.96. The molecule has 0 bridgehead atoms. The minimum absolute atomic E-state index is 0.266. The Balaban J connectivity index is 2.31. The van der Waals surface area contributed by atoms with Crippen molar-refractivity contribution in [2.45, 2.75) is 12.8 Å². The molecular weight excluding hydrogens is 222 g/mol. The van der Waals surface area contributed by atoms with Crippen LogP contribution in [0.15, 0.2) is 0 Å². The summed E-state index contributed by atoms with van der Waals surface area (Å²) in [4.78, 5) is 2.21. The van der Waals surface area contributed by atoms with E-state index in [1.807, 2.05) is 0 Å². The van der Waals surface area contributed by atoms with Crippen LogP contribution < -0.4 is 0 Å². The summed E-state index contributed by atoms with van der Waals surface area (Å²) in [6.07, 6.45) is 3.61. The van der Waals surface area contributed by atoms with E-state index in [1.54, 1.807) is 0 Å². The third-order valence-electron chi connectivity index (χ3n) is 2.60. The summed E-state index contributed by atoms with van der Waals surface area (Å²) in [6, 6.07) is 0. The average Bonchev–Trinajstić information content (AvgIpc) is 2.14. The fourth-order valence-electron chi connectivity index (χ4n) is 1.78. The Morgan fingerprint density at radius 2 is 2.21 bits per heavy atom. The standard InChI is InChI=1S/C9H18ClNO2S/c1-14(12,13)6-5-11-4-2-3-9(7-10)8-11/h9H,2-8H2,1H3. The predicted octanol–water partition coefficient (Wildman–Crippen LogP) is 0.982. The van der Waals surface area contributed by atoms with E-state index in [0.717, 1.165) is 19.5 Å². The van der Waals surface area contributed by atoms with Crippen LogP contribution in [0.2, 0.25) is 0 Å². The molecule has 0 aliphatic carbocycles. The molecule has 5 heteroatoms. The predicted molar refractivity (Wildman–Crippen MR) is 59.6 cm³/mol. The fraction of sp³-hybridized carbons (Fsp3) is 1.00. The largest absolute Gasteiger partial charge is 0.302 e. The van der Waals surface area contributed by atoms with Gasteiger partial charge in [-0.3, -0.25) is 0 Å². The molecule has 3 nitrogen and oxygen atoms in total. The number of hydrogen-bond acceptors (Lipinski definition) is 3. The minimum atomic E-state index is -2.82. The van der Waals surface area contributed by atoms with Crippen LogP contribution in [0.1, 0.15) is 12.8 Å². The second kappa shape index (κ2) is 5.33. The van der Waals surface area contributed by atoms with Crippen molar-refractivity contribution in [3.05, 3.63) is 0 Å². The lowest BCUT2D eigenvalue weighted by Crippen LogP contribution is -2.38. The Bertz CT molecular complexity index is 266. The second-order valence-corrected chi connectivity index (χ2v) is 6.66. The first-order chi connectivity index (χ1) is 6.51. The van der Waals surface area contributed by atoms with Crippen molar-refractivity contribution in [2.24, 2.45) is 5.92 Å². The molecule has 1 aliphatic rings. The molecule has 1 atom stereocenters. The summed E-state index contributed by atoms with van der Waals surface area (Å²) >= 11 is 5.79. The van der Waals surface area contributed by atoms with E-state index in [-0.39, 0.29) is 5.75 Å². The van der Waals surface area contributed by atoms with Crippen molar-refractivity contribution < 1.29 is 8.42 Å². The van der Waals surface area contributed by atoms with Crippen LogP contribution in [0.4, 0.5) is 0 Å². The van der Waals surface area contributed by atoms with Crippen molar-refractivity contribution in [3.63, 3.8) is 0 Å². The molecule has 1 fully saturated rings. The van der Waals surface area contributed by atoms with Gasteiger partial charge in [0.15, 0.2) is 0 Å². The van der Waals surface area contributed by atoms with Crippen LogP contribution in [0.25, 0.3) is 0 Å². The van der Waals surface area contributed by atoms with Gasteiger partial charge >= 0.3 is 0 Å². The zero-order valence-corrected chi connectivity index (χ0v) is 10.1. The van der Waals surface area contributed by atoms with Crippen molar-refractivity contribution >= 4 is 21.4 Å². The van der Waals surface area contributed by atoms with Gasteiger partial charge in [-0.05, 0) is 25.3 Å². The van der Waals surface area contributed by atoms with E-state index in [9.17, 15) is 8.42 Å². The van der Waals surface area contributed by atoms with Crippen molar-refractivity contribution in [1.82, 2.24) is 4.90 Å². The van der Waals surface area contributed by atoms with E-state index in [1.165, 1.54) is 12.7 Å². The summed E-state index contributed by atoms with van der Waals surface area (Å²) in [5.74, 6) is 1.50.